The summed E-state index contributed by atoms with van der Waals surface area (Å²) >= 11 is 0. The Hall–Kier alpha value is -2.13. The third kappa shape index (κ3) is 2.64. The molecule has 0 radical (unpaired) electrons. The summed E-state index contributed by atoms with van der Waals surface area (Å²) in [5.74, 6) is 0. The Kier molecular flexibility index (Phi) is 3.99. The van der Waals surface area contributed by atoms with Crippen LogP contribution in [0.4, 0.5) is 5.69 Å². The molecule has 0 saturated heterocycles. The van der Waals surface area contributed by atoms with Crippen LogP contribution in [0.2, 0.25) is 0 Å². The molecule has 0 saturated carbocycles. The molecule has 3 heteroatoms. The molecule has 114 valence electrons. The lowest BCUT2D eigenvalue weighted by Crippen LogP contribution is -2.19. The van der Waals surface area contributed by atoms with Crippen molar-refractivity contribution in [1.82, 2.24) is 0 Å². The molecule has 1 unspecified atom stereocenters. The molecule has 3 nitrogen and oxygen atoms in total. The van der Waals surface area contributed by atoms with E-state index in [9.17, 15) is 0 Å². The van der Waals surface area contributed by atoms with E-state index >= 15 is 0 Å². The predicted molar refractivity (Wildman–Crippen MR) is 93.4 cm³/mol. The van der Waals surface area contributed by atoms with Gasteiger partial charge < -0.3 is 5.73 Å². The lowest BCUT2D eigenvalue weighted by atomic mass is 9.99. The summed E-state index contributed by atoms with van der Waals surface area (Å²) in [6.45, 7) is 6.93. The van der Waals surface area contributed by atoms with Crippen LogP contribution in [0.15, 0.2) is 47.6 Å². The number of nitrogens with two attached hydrogens (primary N) is 1. The standard InChI is InChI=1S/C19H23N3/c1-13-7-9-16(10-8-13)19-11-17(12-20)21-22(19)18-6-4-5-14(2)15(18)3/h4-10,19H,11-12,20H2,1-3H3. The first-order valence-electron chi connectivity index (χ1n) is 7.78. The molecule has 2 N–H and O–H groups in total. The summed E-state index contributed by atoms with van der Waals surface area (Å²) in [4.78, 5) is 0. The van der Waals surface area contributed by atoms with Crippen molar-refractivity contribution in [3.63, 3.8) is 0 Å². The molecule has 0 bridgehead atoms. The first kappa shape index (κ1) is 14.8. The second-order valence-corrected chi connectivity index (χ2v) is 6.06. The van der Waals surface area contributed by atoms with Gasteiger partial charge in [-0.1, -0.05) is 42.0 Å². The Labute approximate surface area is 132 Å². The smallest absolute Gasteiger partial charge is 0.0828 e. The minimum absolute atomic E-state index is 0.236. The average Bonchev–Trinajstić information content (AvgIpc) is 2.95. The molecule has 0 fully saturated rings. The normalized spacial score (nSPS) is 17.7. The van der Waals surface area contributed by atoms with E-state index < -0.39 is 0 Å². The van der Waals surface area contributed by atoms with Crippen molar-refractivity contribution in [3.05, 3.63) is 64.7 Å². The van der Waals surface area contributed by atoms with Crippen LogP contribution in [0.1, 0.15) is 34.7 Å². The summed E-state index contributed by atoms with van der Waals surface area (Å²) in [5.41, 5.74) is 13.2. The molecular formula is C19H23N3. The fourth-order valence-corrected chi connectivity index (χ4v) is 2.95. The van der Waals surface area contributed by atoms with E-state index in [-0.39, 0.29) is 6.04 Å². The first-order chi connectivity index (χ1) is 10.6. The maximum absolute atomic E-state index is 5.85. The fourth-order valence-electron chi connectivity index (χ4n) is 2.95. The van der Waals surface area contributed by atoms with Crippen molar-refractivity contribution < 1.29 is 0 Å². The predicted octanol–water partition coefficient (Wildman–Crippen LogP) is 3.88. The minimum atomic E-state index is 0.236. The highest BCUT2D eigenvalue weighted by Crippen LogP contribution is 2.37. The quantitative estimate of drug-likeness (QED) is 0.933. The molecule has 1 aliphatic rings. The second-order valence-electron chi connectivity index (χ2n) is 6.06. The summed E-state index contributed by atoms with van der Waals surface area (Å²) in [6.07, 6.45) is 0.896. The molecule has 0 aromatic heterocycles. The van der Waals surface area contributed by atoms with Gasteiger partial charge in [0, 0.05) is 13.0 Å². The van der Waals surface area contributed by atoms with Crippen LogP contribution in [0.3, 0.4) is 0 Å². The molecule has 0 spiro atoms. The van der Waals surface area contributed by atoms with Gasteiger partial charge in [-0.3, -0.25) is 5.01 Å². The second kappa shape index (κ2) is 5.93. The van der Waals surface area contributed by atoms with Crippen molar-refractivity contribution in [2.75, 3.05) is 11.6 Å². The summed E-state index contributed by atoms with van der Waals surface area (Å²) in [6, 6.07) is 15.4. The van der Waals surface area contributed by atoms with Gasteiger partial charge in [-0.05, 0) is 43.5 Å². The van der Waals surface area contributed by atoms with Gasteiger partial charge in [-0.15, -0.1) is 0 Å². The zero-order valence-electron chi connectivity index (χ0n) is 13.5. The van der Waals surface area contributed by atoms with E-state index in [0.29, 0.717) is 6.54 Å². The third-order valence-electron chi connectivity index (χ3n) is 4.49. The molecule has 0 amide bonds. The van der Waals surface area contributed by atoms with Crippen molar-refractivity contribution in [2.45, 2.75) is 33.2 Å². The molecule has 3 rings (SSSR count). The maximum atomic E-state index is 5.85. The highest BCUT2D eigenvalue weighted by Gasteiger charge is 2.29. The Morgan fingerprint density at radius 3 is 2.50 bits per heavy atom. The average molecular weight is 293 g/mol. The van der Waals surface area contributed by atoms with Crippen LogP contribution in [0.25, 0.3) is 0 Å². The first-order valence-corrected chi connectivity index (χ1v) is 7.78. The van der Waals surface area contributed by atoms with Crippen LogP contribution < -0.4 is 10.7 Å². The van der Waals surface area contributed by atoms with E-state index in [1.165, 1.54) is 27.9 Å². The van der Waals surface area contributed by atoms with Crippen molar-refractivity contribution in [2.24, 2.45) is 10.8 Å². The van der Waals surface area contributed by atoms with Gasteiger partial charge in [-0.25, -0.2) is 0 Å². The van der Waals surface area contributed by atoms with E-state index in [2.05, 4.69) is 68.2 Å². The molecule has 1 aliphatic heterocycles. The van der Waals surface area contributed by atoms with Crippen LogP contribution in [0, 0.1) is 20.8 Å². The van der Waals surface area contributed by atoms with Gasteiger partial charge in [-0.2, -0.15) is 5.10 Å². The maximum Gasteiger partial charge on any atom is 0.0828 e. The van der Waals surface area contributed by atoms with Crippen LogP contribution in [-0.2, 0) is 0 Å². The Morgan fingerprint density at radius 1 is 1.09 bits per heavy atom. The van der Waals surface area contributed by atoms with Crippen molar-refractivity contribution in [1.29, 1.82) is 0 Å². The molecule has 22 heavy (non-hydrogen) atoms. The molecule has 2 aromatic carbocycles. The molecular weight excluding hydrogens is 270 g/mol. The summed E-state index contributed by atoms with van der Waals surface area (Å²) in [7, 11) is 0. The molecule has 1 heterocycles. The van der Waals surface area contributed by atoms with Crippen molar-refractivity contribution in [3.8, 4) is 0 Å². The Bertz CT molecular complexity index is 701. The van der Waals surface area contributed by atoms with Crippen LogP contribution >= 0.6 is 0 Å². The third-order valence-corrected chi connectivity index (χ3v) is 4.49. The zero-order valence-corrected chi connectivity index (χ0v) is 13.5. The lowest BCUT2D eigenvalue weighted by molar-refractivity contribution is 0.705. The number of nitrogens with zero attached hydrogens (tertiary/aromatic N) is 2. The lowest BCUT2D eigenvalue weighted by Gasteiger charge is -2.26. The number of hydrazone groups is 1. The molecule has 2 aromatic rings. The number of benzene rings is 2. The zero-order chi connectivity index (χ0) is 15.7. The van der Waals surface area contributed by atoms with Gasteiger partial charge in [0.25, 0.3) is 0 Å². The minimum Gasteiger partial charge on any atom is -0.325 e. The van der Waals surface area contributed by atoms with Gasteiger partial charge in [0.1, 0.15) is 0 Å². The highest BCUT2D eigenvalue weighted by molar-refractivity contribution is 5.90. The van der Waals surface area contributed by atoms with Gasteiger partial charge in [0.05, 0.1) is 17.4 Å². The topological polar surface area (TPSA) is 41.6 Å². The Balaban J connectivity index is 2.03. The largest absolute Gasteiger partial charge is 0.325 e. The number of hydrogen-bond acceptors (Lipinski definition) is 3. The SMILES string of the molecule is Cc1ccc(C2CC(CN)=NN2c2cccc(C)c2C)cc1. The van der Waals surface area contributed by atoms with E-state index in [0.717, 1.165) is 12.1 Å². The number of aryl methyl sites for hydroxylation is 2. The van der Waals surface area contributed by atoms with Gasteiger partial charge in [0.15, 0.2) is 0 Å². The number of rotatable bonds is 3. The molecule has 1 atom stereocenters. The summed E-state index contributed by atoms with van der Waals surface area (Å²) in [5, 5.41) is 6.93. The van der Waals surface area contributed by atoms with Crippen LogP contribution in [-0.4, -0.2) is 12.3 Å². The summed E-state index contributed by atoms with van der Waals surface area (Å²) < 4.78 is 0. The highest BCUT2D eigenvalue weighted by atomic mass is 15.5. The van der Waals surface area contributed by atoms with Gasteiger partial charge >= 0.3 is 0 Å². The number of anilines is 1. The Morgan fingerprint density at radius 2 is 1.82 bits per heavy atom. The number of hydrogen-bond donors (Lipinski definition) is 1. The molecule has 0 aliphatic carbocycles. The van der Waals surface area contributed by atoms with E-state index in [1.807, 2.05) is 0 Å². The van der Waals surface area contributed by atoms with E-state index in [1.54, 1.807) is 0 Å². The van der Waals surface area contributed by atoms with Crippen LogP contribution in [0.5, 0.6) is 0 Å². The monoisotopic (exact) mass is 293 g/mol. The van der Waals surface area contributed by atoms with E-state index in [4.69, 9.17) is 10.8 Å². The van der Waals surface area contributed by atoms with Crippen molar-refractivity contribution >= 4 is 11.4 Å². The van der Waals surface area contributed by atoms with Gasteiger partial charge in [0.2, 0.25) is 0 Å². The fraction of sp³-hybridized carbons (Fsp3) is 0.316.